The van der Waals surface area contributed by atoms with Crippen molar-refractivity contribution in [2.24, 2.45) is 11.3 Å². The Morgan fingerprint density at radius 2 is 1.77 bits per heavy atom. The molecule has 4 rings (SSSR count). The largest absolute Gasteiger partial charge is 0.381 e. The molecule has 4 aliphatic rings. The van der Waals surface area contributed by atoms with Gasteiger partial charge in [-0.25, -0.2) is 4.79 Å². The molecule has 2 heterocycles. The first-order valence-corrected chi connectivity index (χ1v) is 8.15. The molecule has 120 valence electrons. The number of Topliss-reactive ketones (excluding diaryl/α,β-unsaturated/α-hetero) is 1. The minimum atomic E-state index is -0.637. The molecule has 0 aromatic carbocycles. The quantitative estimate of drug-likeness (QED) is 0.719. The lowest BCUT2D eigenvalue weighted by molar-refractivity contribution is -0.153. The fraction of sp³-hybridized carbons (Fsp3) is 0.812. The SMILES string of the molecule is CN1C(=O)N(CC2COC2)C2(CC3(CCC(=O)CC3)C2)C1=O. The van der Waals surface area contributed by atoms with Gasteiger partial charge in [0.2, 0.25) is 0 Å². The van der Waals surface area contributed by atoms with Crippen molar-refractivity contribution in [2.75, 3.05) is 26.8 Å². The zero-order valence-corrected chi connectivity index (χ0v) is 13.0. The Kier molecular flexibility index (Phi) is 2.92. The standard InChI is InChI=1S/C16H22N2O4/c1-17-13(20)16(18(14(17)21)6-11-7-22-8-11)9-15(10-16)4-2-12(19)3-5-15/h11H,2-10H2,1H3. The number of ketones is 1. The van der Waals surface area contributed by atoms with E-state index in [-0.39, 0.29) is 17.4 Å². The van der Waals surface area contributed by atoms with Crippen molar-refractivity contribution in [2.45, 2.75) is 44.1 Å². The van der Waals surface area contributed by atoms with Gasteiger partial charge in [-0.2, -0.15) is 0 Å². The van der Waals surface area contributed by atoms with E-state index in [1.807, 2.05) is 0 Å². The minimum absolute atomic E-state index is 0.0553. The van der Waals surface area contributed by atoms with Crippen LogP contribution in [0.2, 0.25) is 0 Å². The first-order valence-electron chi connectivity index (χ1n) is 8.15. The maximum absolute atomic E-state index is 12.7. The highest BCUT2D eigenvalue weighted by Gasteiger charge is 2.67. The normalized spacial score (nSPS) is 30.1. The third kappa shape index (κ3) is 1.79. The van der Waals surface area contributed by atoms with Crippen LogP contribution in [0.4, 0.5) is 4.79 Å². The van der Waals surface area contributed by atoms with Crippen LogP contribution >= 0.6 is 0 Å². The monoisotopic (exact) mass is 306 g/mol. The fourth-order valence-corrected chi connectivity index (χ4v) is 4.72. The summed E-state index contributed by atoms with van der Waals surface area (Å²) in [6, 6.07) is -0.168. The molecule has 3 amide bonds. The Balaban J connectivity index is 1.55. The second-order valence-corrected chi connectivity index (χ2v) is 7.58. The molecule has 22 heavy (non-hydrogen) atoms. The van der Waals surface area contributed by atoms with Gasteiger partial charge >= 0.3 is 6.03 Å². The Bertz CT molecular complexity index is 536. The molecule has 2 aliphatic heterocycles. The van der Waals surface area contributed by atoms with E-state index in [0.29, 0.717) is 44.3 Å². The smallest absolute Gasteiger partial charge is 0.327 e. The van der Waals surface area contributed by atoms with Crippen LogP contribution in [0.3, 0.4) is 0 Å². The molecule has 2 aliphatic carbocycles. The Morgan fingerprint density at radius 3 is 2.32 bits per heavy atom. The molecule has 0 radical (unpaired) electrons. The van der Waals surface area contributed by atoms with Crippen LogP contribution < -0.4 is 0 Å². The molecule has 2 saturated carbocycles. The Labute approximate surface area is 129 Å². The van der Waals surface area contributed by atoms with Crippen molar-refractivity contribution >= 4 is 17.7 Å². The predicted molar refractivity (Wildman–Crippen MR) is 77.1 cm³/mol. The minimum Gasteiger partial charge on any atom is -0.381 e. The van der Waals surface area contributed by atoms with Gasteiger partial charge in [-0.3, -0.25) is 14.5 Å². The van der Waals surface area contributed by atoms with Gasteiger partial charge in [0.15, 0.2) is 0 Å². The lowest BCUT2D eigenvalue weighted by Gasteiger charge is -2.58. The number of rotatable bonds is 2. The van der Waals surface area contributed by atoms with E-state index in [1.165, 1.54) is 4.90 Å². The summed E-state index contributed by atoms with van der Waals surface area (Å²) in [7, 11) is 1.58. The van der Waals surface area contributed by atoms with E-state index in [1.54, 1.807) is 11.9 Å². The summed E-state index contributed by atoms with van der Waals surface area (Å²) < 4.78 is 5.20. The van der Waals surface area contributed by atoms with Gasteiger partial charge in [0, 0.05) is 32.4 Å². The van der Waals surface area contributed by atoms with Crippen molar-refractivity contribution in [3.63, 3.8) is 0 Å². The van der Waals surface area contributed by atoms with Crippen LogP contribution in [0.5, 0.6) is 0 Å². The summed E-state index contributed by atoms with van der Waals surface area (Å²) in [5.74, 6) is 0.630. The predicted octanol–water partition coefficient (Wildman–Crippen LogP) is 1.19. The summed E-state index contributed by atoms with van der Waals surface area (Å²) in [5.41, 5.74) is -0.537. The van der Waals surface area contributed by atoms with Crippen molar-refractivity contribution in [1.82, 2.24) is 9.80 Å². The van der Waals surface area contributed by atoms with Crippen molar-refractivity contribution in [3.8, 4) is 0 Å². The average Bonchev–Trinajstić information content (AvgIpc) is 2.59. The van der Waals surface area contributed by atoms with Gasteiger partial charge in [0.05, 0.1) is 13.2 Å². The number of hydrogen-bond donors (Lipinski definition) is 0. The second kappa shape index (κ2) is 4.54. The number of nitrogens with zero attached hydrogens (tertiary/aromatic N) is 2. The van der Waals surface area contributed by atoms with Crippen LogP contribution in [-0.2, 0) is 14.3 Å². The third-order valence-electron chi connectivity index (χ3n) is 6.09. The maximum atomic E-state index is 12.7. The highest BCUT2D eigenvalue weighted by Crippen LogP contribution is 2.60. The highest BCUT2D eigenvalue weighted by molar-refractivity contribution is 6.07. The molecule has 4 fully saturated rings. The number of urea groups is 1. The molecule has 0 atom stereocenters. The third-order valence-corrected chi connectivity index (χ3v) is 6.09. The van der Waals surface area contributed by atoms with Crippen LogP contribution in [0.15, 0.2) is 0 Å². The molecule has 2 saturated heterocycles. The molecule has 0 bridgehead atoms. The lowest BCUT2D eigenvalue weighted by atomic mass is 9.51. The first-order chi connectivity index (χ1) is 10.5. The van der Waals surface area contributed by atoms with Crippen LogP contribution in [0.1, 0.15) is 38.5 Å². The van der Waals surface area contributed by atoms with Crippen LogP contribution in [-0.4, -0.2) is 59.9 Å². The summed E-state index contributed by atoms with van der Waals surface area (Å²) in [4.78, 5) is 39.7. The Hall–Kier alpha value is -1.43. The number of ether oxygens (including phenoxy) is 1. The zero-order valence-electron chi connectivity index (χ0n) is 13.0. The average molecular weight is 306 g/mol. The van der Waals surface area contributed by atoms with Gasteiger partial charge in [-0.05, 0) is 31.1 Å². The van der Waals surface area contributed by atoms with Gasteiger partial charge in [-0.1, -0.05) is 0 Å². The van der Waals surface area contributed by atoms with Crippen molar-refractivity contribution < 1.29 is 19.1 Å². The fourth-order valence-electron chi connectivity index (χ4n) is 4.72. The summed E-state index contributed by atoms with van der Waals surface area (Å²) in [6.07, 6.45) is 4.47. The van der Waals surface area contributed by atoms with E-state index < -0.39 is 5.54 Å². The van der Waals surface area contributed by atoms with E-state index in [0.717, 1.165) is 25.7 Å². The number of hydrogen-bond acceptors (Lipinski definition) is 4. The van der Waals surface area contributed by atoms with E-state index in [2.05, 4.69) is 0 Å². The maximum Gasteiger partial charge on any atom is 0.327 e. The van der Waals surface area contributed by atoms with Crippen molar-refractivity contribution in [3.05, 3.63) is 0 Å². The number of carbonyl (C=O) groups is 3. The number of carbonyl (C=O) groups excluding carboxylic acids is 3. The number of likely N-dealkylation sites (N-methyl/N-ethyl adjacent to an activating group) is 1. The summed E-state index contributed by atoms with van der Waals surface area (Å²) in [5, 5.41) is 0. The molecular formula is C16H22N2O4. The molecular weight excluding hydrogens is 284 g/mol. The molecule has 0 aromatic heterocycles. The summed E-state index contributed by atoms with van der Waals surface area (Å²) >= 11 is 0. The molecule has 2 spiro atoms. The van der Waals surface area contributed by atoms with Gasteiger partial charge in [0.25, 0.3) is 5.91 Å². The van der Waals surface area contributed by atoms with Crippen molar-refractivity contribution in [1.29, 1.82) is 0 Å². The summed E-state index contributed by atoms with van der Waals surface area (Å²) in [6.45, 7) is 1.97. The van der Waals surface area contributed by atoms with E-state index >= 15 is 0 Å². The van der Waals surface area contributed by atoms with Gasteiger partial charge in [0.1, 0.15) is 11.3 Å². The van der Waals surface area contributed by atoms with Crippen LogP contribution in [0, 0.1) is 11.3 Å². The topological polar surface area (TPSA) is 66.9 Å². The second-order valence-electron chi connectivity index (χ2n) is 7.58. The number of amides is 3. The van der Waals surface area contributed by atoms with E-state index in [4.69, 9.17) is 4.74 Å². The van der Waals surface area contributed by atoms with E-state index in [9.17, 15) is 14.4 Å². The molecule has 0 N–H and O–H groups in total. The molecule has 0 unspecified atom stereocenters. The Morgan fingerprint density at radius 1 is 1.14 bits per heavy atom. The molecule has 6 heteroatoms. The molecule has 6 nitrogen and oxygen atoms in total. The van der Waals surface area contributed by atoms with Gasteiger partial charge in [-0.15, -0.1) is 0 Å². The van der Waals surface area contributed by atoms with Gasteiger partial charge < -0.3 is 9.64 Å². The zero-order chi connectivity index (χ0) is 15.5. The first kappa shape index (κ1) is 14.2. The highest BCUT2D eigenvalue weighted by atomic mass is 16.5. The number of imide groups is 1. The lowest BCUT2D eigenvalue weighted by Crippen LogP contribution is -2.65. The molecule has 0 aromatic rings. The van der Waals surface area contributed by atoms with Crippen LogP contribution in [0.25, 0.3) is 0 Å².